The van der Waals surface area contributed by atoms with Gasteiger partial charge >= 0.3 is 5.97 Å². The van der Waals surface area contributed by atoms with E-state index in [9.17, 15) is 15.0 Å². The van der Waals surface area contributed by atoms with Gasteiger partial charge in [0, 0.05) is 19.2 Å². The van der Waals surface area contributed by atoms with Gasteiger partial charge in [-0.2, -0.15) is 0 Å². The fraction of sp³-hybridized carbons (Fsp3) is 0.583. The normalized spacial score (nSPS) is 10.7. The largest absolute Gasteiger partial charge is 0.492 e. The van der Waals surface area contributed by atoms with Gasteiger partial charge in [0.2, 0.25) is 11.8 Å². The zero-order valence-electron chi connectivity index (χ0n) is 11.3. The van der Waals surface area contributed by atoms with Gasteiger partial charge in [-0.15, -0.1) is 4.73 Å². The predicted octanol–water partition coefficient (Wildman–Crippen LogP) is -0.0758. The smallest absolute Gasteiger partial charge is 0.335 e. The van der Waals surface area contributed by atoms with E-state index < -0.39 is 5.97 Å². The summed E-state index contributed by atoms with van der Waals surface area (Å²) in [6, 6.07) is 2.41. The highest BCUT2D eigenvalue weighted by Gasteiger charge is 2.11. The Morgan fingerprint density at radius 2 is 1.60 bits per heavy atom. The van der Waals surface area contributed by atoms with Crippen LogP contribution in [0, 0.1) is 0 Å². The van der Waals surface area contributed by atoms with Crippen molar-refractivity contribution < 1.29 is 34.1 Å². The van der Waals surface area contributed by atoms with E-state index in [1.807, 2.05) is 0 Å². The van der Waals surface area contributed by atoms with Crippen LogP contribution in [0.2, 0.25) is 0 Å². The first-order valence-corrected chi connectivity index (χ1v) is 6.10. The lowest BCUT2D eigenvalue weighted by Crippen LogP contribution is -2.20. The number of nitrogens with zero attached hydrogens (tertiary/aromatic N) is 1. The third kappa shape index (κ3) is 5.91. The second-order valence-electron chi connectivity index (χ2n) is 3.77. The van der Waals surface area contributed by atoms with Crippen molar-refractivity contribution in [1.29, 1.82) is 0 Å². The van der Waals surface area contributed by atoms with Crippen LogP contribution >= 0.6 is 0 Å². The van der Waals surface area contributed by atoms with Crippen molar-refractivity contribution >= 4 is 5.97 Å². The first-order valence-electron chi connectivity index (χ1n) is 6.10. The van der Waals surface area contributed by atoms with E-state index in [0.29, 0.717) is 31.2 Å². The summed E-state index contributed by atoms with van der Waals surface area (Å²) < 4.78 is 15.8. The van der Waals surface area contributed by atoms with Crippen LogP contribution in [0.3, 0.4) is 0 Å². The lowest BCUT2D eigenvalue weighted by molar-refractivity contribution is -0.146. The minimum Gasteiger partial charge on any atom is -0.492 e. The molecule has 114 valence electrons. The molecule has 0 radical (unpaired) electrons. The van der Waals surface area contributed by atoms with Crippen molar-refractivity contribution in [2.45, 2.75) is 6.42 Å². The van der Waals surface area contributed by atoms with Gasteiger partial charge < -0.3 is 29.3 Å². The standard InChI is InChI=1S/C12H19NO7/c1-17-6-7-19-9-8-18-5-4-12(16)20-13-10(14)2-3-11(13)15/h2-3,14-15H,4-9H2,1H3. The summed E-state index contributed by atoms with van der Waals surface area (Å²) in [4.78, 5) is 16.1. The minimum atomic E-state index is -0.632. The molecule has 0 spiro atoms. The number of carbonyl (C=O) groups excluding carboxylic acids is 1. The molecule has 0 atom stereocenters. The molecular weight excluding hydrogens is 270 g/mol. The minimum absolute atomic E-state index is 0.00483. The Kier molecular flexibility index (Phi) is 7.48. The number of carbonyl (C=O) groups is 1. The van der Waals surface area contributed by atoms with E-state index in [1.54, 1.807) is 7.11 Å². The Hall–Kier alpha value is -1.77. The number of aromatic hydroxyl groups is 2. The van der Waals surface area contributed by atoms with Crippen LogP contribution in [0.15, 0.2) is 12.1 Å². The van der Waals surface area contributed by atoms with Crippen molar-refractivity contribution in [3.05, 3.63) is 12.1 Å². The third-order valence-electron chi connectivity index (χ3n) is 2.25. The van der Waals surface area contributed by atoms with Crippen LogP contribution in [0.1, 0.15) is 6.42 Å². The van der Waals surface area contributed by atoms with E-state index in [0.717, 1.165) is 0 Å². The zero-order valence-corrected chi connectivity index (χ0v) is 11.3. The summed E-state index contributed by atoms with van der Waals surface area (Å²) in [5.41, 5.74) is 0. The molecule has 0 bridgehead atoms. The van der Waals surface area contributed by atoms with Gasteiger partial charge in [0.1, 0.15) is 0 Å². The number of hydrogen-bond donors (Lipinski definition) is 2. The van der Waals surface area contributed by atoms with Gasteiger partial charge in [0.25, 0.3) is 0 Å². The van der Waals surface area contributed by atoms with E-state index in [2.05, 4.69) is 0 Å². The van der Waals surface area contributed by atoms with E-state index in [-0.39, 0.29) is 24.8 Å². The van der Waals surface area contributed by atoms with Crippen molar-refractivity contribution in [2.75, 3.05) is 40.1 Å². The molecule has 0 saturated carbocycles. The molecule has 0 aliphatic carbocycles. The van der Waals surface area contributed by atoms with Crippen molar-refractivity contribution in [1.82, 2.24) is 4.73 Å². The Bertz CT molecular complexity index is 385. The van der Waals surface area contributed by atoms with Gasteiger partial charge in [-0.1, -0.05) is 0 Å². The molecule has 1 rings (SSSR count). The molecule has 2 N–H and O–H groups in total. The van der Waals surface area contributed by atoms with E-state index in [1.165, 1.54) is 12.1 Å². The molecule has 0 aliphatic heterocycles. The number of ether oxygens (including phenoxy) is 3. The molecular formula is C12H19NO7. The summed E-state index contributed by atoms with van der Waals surface area (Å²) in [6.07, 6.45) is -0.00483. The fourth-order valence-electron chi connectivity index (χ4n) is 1.26. The van der Waals surface area contributed by atoms with Crippen LogP contribution in [0.5, 0.6) is 11.8 Å². The van der Waals surface area contributed by atoms with Crippen LogP contribution < -0.4 is 4.84 Å². The van der Waals surface area contributed by atoms with Crippen LogP contribution in [0.25, 0.3) is 0 Å². The maximum Gasteiger partial charge on any atom is 0.335 e. The summed E-state index contributed by atoms with van der Waals surface area (Å²) >= 11 is 0. The van der Waals surface area contributed by atoms with Gasteiger partial charge in [-0.25, -0.2) is 4.79 Å². The topological polar surface area (TPSA) is 99.4 Å². The predicted molar refractivity (Wildman–Crippen MR) is 67.5 cm³/mol. The second kappa shape index (κ2) is 9.18. The molecule has 1 aromatic rings. The lowest BCUT2D eigenvalue weighted by atomic mass is 10.5. The Morgan fingerprint density at radius 3 is 2.20 bits per heavy atom. The van der Waals surface area contributed by atoms with Crippen LogP contribution in [-0.4, -0.2) is 61.1 Å². The second-order valence-corrected chi connectivity index (χ2v) is 3.77. The summed E-state index contributed by atoms with van der Waals surface area (Å²) in [7, 11) is 1.59. The molecule has 1 heterocycles. The monoisotopic (exact) mass is 289 g/mol. The summed E-state index contributed by atoms with van der Waals surface area (Å²) in [6.45, 7) is 1.95. The first-order chi connectivity index (χ1) is 9.65. The first kappa shape index (κ1) is 16.3. The Balaban J connectivity index is 2.06. The average molecular weight is 289 g/mol. The molecule has 20 heavy (non-hydrogen) atoms. The third-order valence-corrected chi connectivity index (χ3v) is 2.25. The number of aromatic nitrogens is 1. The van der Waals surface area contributed by atoms with Gasteiger partial charge in [-0.05, 0) is 0 Å². The lowest BCUT2D eigenvalue weighted by Gasteiger charge is -2.07. The van der Waals surface area contributed by atoms with Crippen molar-refractivity contribution in [3.8, 4) is 11.8 Å². The Labute approximate surface area is 116 Å². The number of methoxy groups -OCH3 is 1. The van der Waals surface area contributed by atoms with E-state index >= 15 is 0 Å². The fourth-order valence-corrected chi connectivity index (χ4v) is 1.26. The van der Waals surface area contributed by atoms with E-state index in [4.69, 9.17) is 19.0 Å². The molecule has 0 amide bonds. The zero-order chi connectivity index (χ0) is 14.8. The van der Waals surface area contributed by atoms with Gasteiger partial charge in [-0.3, -0.25) is 0 Å². The highest BCUT2D eigenvalue weighted by molar-refractivity contribution is 5.70. The maximum atomic E-state index is 11.4. The molecule has 8 heteroatoms. The molecule has 0 fully saturated rings. The molecule has 1 aromatic heterocycles. The van der Waals surface area contributed by atoms with Gasteiger partial charge in [0.15, 0.2) is 0 Å². The molecule has 0 unspecified atom stereocenters. The summed E-state index contributed by atoms with van der Waals surface area (Å²) in [5.74, 6) is -1.35. The highest BCUT2D eigenvalue weighted by atomic mass is 16.7. The molecule has 8 nitrogen and oxygen atoms in total. The van der Waals surface area contributed by atoms with Crippen molar-refractivity contribution in [2.24, 2.45) is 0 Å². The van der Waals surface area contributed by atoms with Crippen molar-refractivity contribution in [3.63, 3.8) is 0 Å². The Morgan fingerprint density at radius 1 is 1.05 bits per heavy atom. The molecule has 0 aromatic carbocycles. The average Bonchev–Trinajstić information content (AvgIpc) is 2.73. The molecule has 0 aliphatic rings. The quantitative estimate of drug-likeness (QED) is 0.581. The van der Waals surface area contributed by atoms with Crippen LogP contribution in [0.4, 0.5) is 0 Å². The van der Waals surface area contributed by atoms with Gasteiger partial charge in [0.05, 0.1) is 39.5 Å². The highest BCUT2D eigenvalue weighted by Crippen LogP contribution is 2.18. The SMILES string of the molecule is COCCOCCOCCC(=O)On1c(O)ccc1O. The summed E-state index contributed by atoms with van der Waals surface area (Å²) in [5, 5.41) is 18.5. The maximum absolute atomic E-state index is 11.4. The van der Waals surface area contributed by atoms with Crippen LogP contribution in [-0.2, 0) is 19.0 Å². The molecule has 0 saturated heterocycles. The number of hydrogen-bond acceptors (Lipinski definition) is 7. The number of rotatable bonds is 10.